The Labute approximate surface area is 201 Å². The van der Waals surface area contributed by atoms with Crippen molar-refractivity contribution in [2.45, 2.75) is 73.1 Å². The molecule has 0 saturated heterocycles. The van der Waals surface area contributed by atoms with E-state index in [1.807, 2.05) is 24.3 Å². The summed E-state index contributed by atoms with van der Waals surface area (Å²) in [6.45, 7) is 15.1. The Morgan fingerprint density at radius 2 is 1.82 bits per heavy atom. The summed E-state index contributed by atoms with van der Waals surface area (Å²) in [4.78, 5) is 26.8. The van der Waals surface area contributed by atoms with Gasteiger partial charge in [0.05, 0.1) is 12.2 Å². The van der Waals surface area contributed by atoms with Gasteiger partial charge in [0.1, 0.15) is 10.8 Å². The van der Waals surface area contributed by atoms with Crippen LogP contribution in [0.25, 0.3) is 0 Å². The fourth-order valence-corrected chi connectivity index (χ4v) is 5.68. The number of hydrogen-bond donors (Lipinski definition) is 1. The lowest BCUT2D eigenvalue weighted by Gasteiger charge is -2.33. The molecule has 6 heteroatoms. The first-order valence-corrected chi connectivity index (χ1v) is 12.6. The van der Waals surface area contributed by atoms with Crippen LogP contribution in [0.15, 0.2) is 24.3 Å². The summed E-state index contributed by atoms with van der Waals surface area (Å²) >= 11 is 1.51. The highest BCUT2D eigenvalue weighted by Gasteiger charge is 2.34. The van der Waals surface area contributed by atoms with E-state index < -0.39 is 0 Å². The Hall–Kier alpha value is -2.34. The fourth-order valence-electron chi connectivity index (χ4n) is 4.35. The number of carbonyl (C=O) groups is 2. The molecule has 1 aromatic heterocycles. The van der Waals surface area contributed by atoms with E-state index in [4.69, 9.17) is 9.47 Å². The number of anilines is 1. The Kier molecular flexibility index (Phi) is 7.57. The molecule has 1 N–H and O–H groups in total. The van der Waals surface area contributed by atoms with E-state index in [9.17, 15) is 9.59 Å². The van der Waals surface area contributed by atoms with Crippen molar-refractivity contribution in [1.29, 1.82) is 0 Å². The largest absolute Gasteiger partial charge is 0.483 e. The molecule has 33 heavy (non-hydrogen) atoms. The smallest absolute Gasteiger partial charge is 0.341 e. The van der Waals surface area contributed by atoms with Gasteiger partial charge in [0.2, 0.25) is 0 Å². The van der Waals surface area contributed by atoms with E-state index in [1.165, 1.54) is 16.2 Å². The molecular weight excluding hydrogens is 434 g/mol. The van der Waals surface area contributed by atoms with E-state index in [0.29, 0.717) is 28.8 Å². The van der Waals surface area contributed by atoms with Crippen LogP contribution >= 0.6 is 11.3 Å². The summed E-state index contributed by atoms with van der Waals surface area (Å²) in [5.41, 5.74) is 2.70. The van der Waals surface area contributed by atoms with Gasteiger partial charge in [-0.3, -0.25) is 4.79 Å². The van der Waals surface area contributed by atoms with Gasteiger partial charge in [-0.2, -0.15) is 0 Å². The number of carbonyl (C=O) groups excluding carboxylic acids is 2. The number of fused-ring (bicyclic) bond motifs is 1. The van der Waals surface area contributed by atoms with Crippen molar-refractivity contribution in [2.24, 2.45) is 11.3 Å². The molecule has 1 aliphatic carbocycles. The number of amides is 1. The standard InChI is InChI=1S/C27H37NO4S/c1-8-31-25(30)23-18-14-13-17(26(2,3)4)15-21(18)33-24(23)28-22(29)16-32-20-12-10-9-11-19(20)27(5,6)7/h9-12,17H,8,13-16H2,1-7H3,(H,28,29). The summed E-state index contributed by atoms with van der Waals surface area (Å²) in [5.74, 6) is 0.595. The molecule has 0 fully saturated rings. The minimum absolute atomic E-state index is 0.0967. The molecule has 180 valence electrons. The predicted octanol–water partition coefficient (Wildman–Crippen LogP) is 6.39. The Balaban J connectivity index is 1.80. The molecule has 0 spiro atoms. The van der Waals surface area contributed by atoms with E-state index in [1.54, 1.807) is 6.92 Å². The van der Waals surface area contributed by atoms with Crippen molar-refractivity contribution >= 4 is 28.2 Å². The normalized spacial score (nSPS) is 16.2. The maximum atomic E-state index is 12.8. The van der Waals surface area contributed by atoms with Crippen LogP contribution in [0.2, 0.25) is 0 Å². The van der Waals surface area contributed by atoms with Crippen LogP contribution in [0.5, 0.6) is 5.75 Å². The highest BCUT2D eigenvalue weighted by atomic mass is 32.1. The average molecular weight is 472 g/mol. The zero-order valence-corrected chi connectivity index (χ0v) is 21.8. The number of ether oxygens (including phenoxy) is 2. The molecule has 5 nitrogen and oxygen atoms in total. The van der Waals surface area contributed by atoms with Crippen LogP contribution in [0, 0.1) is 11.3 Å². The lowest BCUT2D eigenvalue weighted by molar-refractivity contribution is -0.118. The van der Waals surface area contributed by atoms with Crippen molar-refractivity contribution in [3.8, 4) is 5.75 Å². The molecule has 1 atom stereocenters. The second kappa shape index (κ2) is 9.88. The molecule has 1 aliphatic rings. The first-order valence-electron chi connectivity index (χ1n) is 11.8. The zero-order chi connectivity index (χ0) is 24.4. The van der Waals surface area contributed by atoms with Crippen molar-refractivity contribution in [3.63, 3.8) is 0 Å². The summed E-state index contributed by atoms with van der Waals surface area (Å²) in [5, 5.41) is 3.52. The maximum absolute atomic E-state index is 12.8. The molecule has 1 amide bonds. The van der Waals surface area contributed by atoms with Crippen LogP contribution < -0.4 is 10.1 Å². The van der Waals surface area contributed by atoms with Crippen molar-refractivity contribution in [1.82, 2.24) is 0 Å². The van der Waals surface area contributed by atoms with Gasteiger partial charge < -0.3 is 14.8 Å². The predicted molar refractivity (Wildman–Crippen MR) is 135 cm³/mol. The lowest BCUT2D eigenvalue weighted by Crippen LogP contribution is -2.26. The molecular formula is C27H37NO4S. The van der Waals surface area contributed by atoms with Gasteiger partial charge in [-0.1, -0.05) is 59.7 Å². The van der Waals surface area contributed by atoms with Crippen LogP contribution in [0.4, 0.5) is 5.00 Å². The Morgan fingerprint density at radius 1 is 1.12 bits per heavy atom. The van der Waals surface area contributed by atoms with Gasteiger partial charge in [0, 0.05) is 4.88 Å². The summed E-state index contributed by atoms with van der Waals surface area (Å²) < 4.78 is 11.2. The maximum Gasteiger partial charge on any atom is 0.341 e. The second-order valence-electron chi connectivity index (χ2n) is 10.8. The number of hydrogen-bond acceptors (Lipinski definition) is 5. The Morgan fingerprint density at radius 3 is 2.45 bits per heavy atom. The summed E-state index contributed by atoms with van der Waals surface area (Å²) in [7, 11) is 0. The lowest BCUT2D eigenvalue weighted by atomic mass is 9.72. The number of benzene rings is 1. The first kappa shape index (κ1) is 25.3. The molecule has 3 rings (SSSR count). The fraction of sp³-hybridized carbons (Fsp3) is 0.556. The third-order valence-electron chi connectivity index (χ3n) is 6.28. The third kappa shape index (κ3) is 5.97. The molecule has 1 aromatic carbocycles. The zero-order valence-electron chi connectivity index (χ0n) is 21.0. The second-order valence-corrected chi connectivity index (χ2v) is 11.9. The molecule has 0 radical (unpaired) electrons. The van der Waals surface area contributed by atoms with Crippen LogP contribution in [0.1, 0.15) is 81.2 Å². The Bertz CT molecular complexity index is 1010. The number of rotatable bonds is 6. The van der Waals surface area contributed by atoms with Gasteiger partial charge >= 0.3 is 5.97 Å². The van der Waals surface area contributed by atoms with Crippen molar-refractivity contribution in [3.05, 3.63) is 45.8 Å². The van der Waals surface area contributed by atoms with Crippen LogP contribution in [0.3, 0.4) is 0 Å². The van der Waals surface area contributed by atoms with E-state index in [2.05, 4.69) is 46.9 Å². The van der Waals surface area contributed by atoms with Gasteiger partial charge in [0.15, 0.2) is 6.61 Å². The SMILES string of the molecule is CCOC(=O)c1c(NC(=O)COc2ccccc2C(C)(C)C)sc2c1CCC(C(C)(C)C)C2. The topological polar surface area (TPSA) is 64.6 Å². The highest BCUT2D eigenvalue weighted by Crippen LogP contribution is 2.44. The molecule has 0 aliphatic heterocycles. The van der Waals surface area contributed by atoms with E-state index in [-0.39, 0.29) is 29.3 Å². The highest BCUT2D eigenvalue weighted by molar-refractivity contribution is 7.17. The molecule has 0 bridgehead atoms. The average Bonchev–Trinajstić information content (AvgIpc) is 3.08. The monoisotopic (exact) mass is 471 g/mol. The number of thiophene rings is 1. The van der Waals surface area contributed by atoms with Gasteiger partial charge in [-0.15, -0.1) is 11.3 Å². The molecule has 2 aromatic rings. The minimum atomic E-state index is -0.362. The van der Waals surface area contributed by atoms with Crippen molar-refractivity contribution in [2.75, 3.05) is 18.5 Å². The third-order valence-corrected chi connectivity index (χ3v) is 7.45. The molecule has 1 heterocycles. The van der Waals surface area contributed by atoms with Gasteiger partial charge in [0.25, 0.3) is 5.91 Å². The summed E-state index contributed by atoms with van der Waals surface area (Å²) in [6, 6.07) is 7.78. The van der Waals surface area contributed by atoms with E-state index in [0.717, 1.165) is 30.4 Å². The van der Waals surface area contributed by atoms with Gasteiger partial charge in [-0.25, -0.2) is 4.79 Å². The van der Waals surface area contributed by atoms with Gasteiger partial charge in [-0.05, 0) is 60.1 Å². The number of para-hydroxylation sites is 1. The molecule has 1 unspecified atom stereocenters. The van der Waals surface area contributed by atoms with Crippen LogP contribution in [-0.2, 0) is 27.8 Å². The quantitative estimate of drug-likeness (QED) is 0.496. The number of nitrogens with one attached hydrogen (secondary N) is 1. The van der Waals surface area contributed by atoms with Crippen molar-refractivity contribution < 1.29 is 19.1 Å². The van der Waals surface area contributed by atoms with E-state index >= 15 is 0 Å². The summed E-state index contributed by atoms with van der Waals surface area (Å²) in [6.07, 6.45) is 2.77. The minimum Gasteiger partial charge on any atom is -0.483 e. The number of esters is 1. The van der Waals surface area contributed by atoms with Crippen LogP contribution in [-0.4, -0.2) is 25.1 Å². The molecule has 0 saturated carbocycles. The first-order chi connectivity index (χ1) is 15.4.